The molecule has 2 aliphatic rings. The Hall–Kier alpha value is -2.72. The number of benzene rings is 1. The Bertz CT molecular complexity index is 992. The third-order valence-corrected chi connectivity index (χ3v) is 6.69. The molecular formula is C24H33Cl2N3O7. The number of alkyl carbamates (subject to hydrolysis) is 1. The van der Waals surface area contributed by atoms with Gasteiger partial charge in [0.25, 0.3) is 0 Å². The molecule has 0 radical (unpaired) electrons. The fraction of sp³-hybridized carbons (Fsp3) is 0.583. The van der Waals surface area contributed by atoms with E-state index in [1.807, 2.05) is 0 Å². The summed E-state index contributed by atoms with van der Waals surface area (Å²) < 4.78 is 5.17. The third kappa shape index (κ3) is 6.73. The molecule has 200 valence electrons. The number of para-hydroxylation sites is 1. The summed E-state index contributed by atoms with van der Waals surface area (Å²) in [6.07, 6.45) is 1.44. The number of carbonyl (C=O) groups is 4. The molecule has 3 rings (SSSR count). The zero-order chi connectivity index (χ0) is 27.4. The molecule has 1 aromatic carbocycles. The van der Waals surface area contributed by atoms with E-state index < -0.39 is 59.0 Å². The fourth-order valence-corrected chi connectivity index (χ4v) is 4.89. The maximum absolute atomic E-state index is 12.6. The Labute approximate surface area is 220 Å². The van der Waals surface area contributed by atoms with E-state index in [4.69, 9.17) is 27.9 Å². The number of unbranched alkanes of at least 4 members (excludes halogenated alkanes) is 1. The van der Waals surface area contributed by atoms with Crippen LogP contribution in [0.3, 0.4) is 0 Å². The average molecular weight is 546 g/mol. The molecule has 5 atom stereocenters. The molecule has 0 heterocycles. The fourth-order valence-electron chi connectivity index (χ4n) is 4.39. The van der Waals surface area contributed by atoms with Crippen LogP contribution in [0.25, 0.3) is 0 Å². The lowest BCUT2D eigenvalue weighted by Gasteiger charge is -2.31. The Morgan fingerprint density at radius 2 is 1.64 bits per heavy atom. The molecule has 0 aromatic heterocycles. The van der Waals surface area contributed by atoms with Crippen molar-refractivity contribution >= 4 is 53.0 Å². The third-order valence-electron chi connectivity index (χ3n) is 6.06. The van der Waals surface area contributed by atoms with Crippen molar-refractivity contribution in [2.24, 2.45) is 17.8 Å². The average Bonchev–Trinajstić information content (AvgIpc) is 3.43. The molecular weight excluding hydrogens is 513 g/mol. The van der Waals surface area contributed by atoms with Gasteiger partial charge in [-0.25, -0.2) is 14.4 Å². The summed E-state index contributed by atoms with van der Waals surface area (Å²) in [6.45, 7) is 9.20. The zero-order valence-corrected chi connectivity index (χ0v) is 22.4. The Balaban J connectivity index is 0.00000106. The molecule has 2 saturated carbocycles. The smallest absolute Gasteiger partial charge is 0.408 e. The van der Waals surface area contributed by atoms with E-state index in [0.29, 0.717) is 0 Å². The maximum atomic E-state index is 12.6. The second kappa shape index (κ2) is 11.6. The number of fused-ring (bicyclic) bond motifs is 1. The second-order valence-corrected chi connectivity index (χ2v) is 10.7. The summed E-state index contributed by atoms with van der Waals surface area (Å²) >= 11 is 12.1. The standard InChI is InChI=1S/C20H23Cl2N3O7.C4H10/c1-19(2,3)32-18(31)25-20(16(28)29)7-10(11-12(13(11)20)15(26)27)23-17(30)24-14-8(21)5-4-6-9(14)22;1-3-4-2/h4-6,10-13H,7H2,1-3H3,(H,25,31)(H,26,27)(H,28,29)(H2,23,24,30);3-4H2,1-2H3. The van der Waals surface area contributed by atoms with Gasteiger partial charge in [-0.05, 0) is 38.8 Å². The van der Waals surface area contributed by atoms with Crippen molar-refractivity contribution in [1.29, 1.82) is 0 Å². The Morgan fingerprint density at radius 1 is 1.08 bits per heavy atom. The first-order valence-corrected chi connectivity index (χ1v) is 12.4. The topological polar surface area (TPSA) is 154 Å². The van der Waals surface area contributed by atoms with Crippen molar-refractivity contribution < 1.29 is 34.1 Å². The van der Waals surface area contributed by atoms with Gasteiger partial charge in [0.05, 0.1) is 21.7 Å². The minimum absolute atomic E-state index is 0.157. The van der Waals surface area contributed by atoms with Crippen LogP contribution in [0, 0.1) is 17.8 Å². The van der Waals surface area contributed by atoms with Crippen molar-refractivity contribution in [3.63, 3.8) is 0 Å². The molecule has 0 bridgehead atoms. The van der Waals surface area contributed by atoms with E-state index in [1.165, 1.54) is 25.0 Å². The van der Waals surface area contributed by atoms with Gasteiger partial charge in [-0.3, -0.25) is 4.79 Å². The van der Waals surface area contributed by atoms with E-state index in [9.17, 15) is 29.4 Å². The molecule has 0 aliphatic heterocycles. The normalized spacial score (nSPS) is 26.0. The van der Waals surface area contributed by atoms with Crippen molar-refractivity contribution in [1.82, 2.24) is 10.6 Å². The van der Waals surface area contributed by atoms with Gasteiger partial charge >= 0.3 is 24.1 Å². The predicted octanol–water partition coefficient (Wildman–Crippen LogP) is 4.99. The van der Waals surface area contributed by atoms with Crippen molar-refractivity contribution in [2.75, 3.05) is 5.32 Å². The molecule has 36 heavy (non-hydrogen) atoms. The number of ether oxygens (including phenoxy) is 1. The number of aliphatic carboxylic acids is 2. The van der Waals surface area contributed by atoms with Crippen LogP contribution in [0.5, 0.6) is 0 Å². The van der Waals surface area contributed by atoms with Gasteiger partial charge in [0.15, 0.2) is 0 Å². The van der Waals surface area contributed by atoms with Crippen LogP contribution in [-0.4, -0.2) is 51.5 Å². The minimum atomic E-state index is -1.91. The van der Waals surface area contributed by atoms with Crippen molar-refractivity contribution in [3.8, 4) is 0 Å². The van der Waals surface area contributed by atoms with Gasteiger partial charge in [-0.2, -0.15) is 0 Å². The van der Waals surface area contributed by atoms with Gasteiger partial charge in [-0.15, -0.1) is 0 Å². The summed E-state index contributed by atoms with van der Waals surface area (Å²) in [4.78, 5) is 48.8. The number of halogens is 2. The number of hydrogen-bond acceptors (Lipinski definition) is 5. The molecule has 5 unspecified atom stereocenters. The number of amides is 3. The van der Waals surface area contributed by atoms with Gasteiger partial charge < -0.3 is 30.9 Å². The van der Waals surface area contributed by atoms with Crippen LogP contribution in [-0.2, 0) is 14.3 Å². The van der Waals surface area contributed by atoms with Gasteiger partial charge in [-0.1, -0.05) is 56.0 Å². The summed E-state index contributed by atoms with van der Waals surface area (Å²) in [5, 5.41) is 27.3. The second-order valence-electron chi connectivity index (χ2n) is 9.88. The SMILES string of the molecule is CC(C)(C)OC(=O)NC1(C(=O)O)CC(NC(=O)Nc2c(Cl)cccc2Cl)C2C(C(=O)O)C21.CCCC. The molecule has 1 aromatic rings. The number of nitrogens with one attached hydrogen (secondary N) is 3. The minimum Gasteiger partial charge on any atom is -0.481 e. The van der Waals surface area contributed by atoms with Gasteiger partial charge in [0.2, 0.25) is 0 Å². The van der Waals surface area contributed by atoms with E-state index in [-0.39, 0.29) is 22.2 Å². The lowest BCUT2D eigenvalue weighted by Crippen LogP contribution is -2.58. The largest absolute Gasteiger partial charge is 0.481 e. The van der Waals surface area contributed by atoms with E-state index in [1.54, 1.807) is 26.8 Å². The molecule has 5 N–H and O–H groups in total. The highest BCUT2D eigenvalue weighted by atomic mass is 35.5. The number of anilines is 1. The van der Waals surface area contributed by atoms with Crippen LogP contribution in [0.15, 0.2) is 18.2 Å². The van der Waals surface area contributed by atoms with Crippen LogP contribution in [0.4, 0.5) is 15.3 Å². The molecule has 0 spiro atoms. The molecule has 12 heteroatoms. The van der Waals surface area contributed by atoms with E-state index in [2.05, 4.69) is 29.8 Å². The number of carboxylic acids is 2. The predicted molar refractivity (Wildman–Crippen MR) is 135 cm³/mol. The van der Waals surface area contributed by atoms with Crippen LogP contribution in [0.1, 0.15) is 53.9 Å². The van der Waals surface area contributed by atoms with Crippen molar-refractivity contribution in [2.45, 2.75) is 71.1 Å². The number of carboxylic acid groups (broad SMARTS) is 2. The first-order valence-electron chi connectivity index (χ1n) is 11.7. The monoisotopic (exact) mass is 545 g/mol. The lowest BCUT2D eigenvalue weighted by molar-refractivity contribution is -0.147. The number of rotatable bonds is 6. The zero-order valence-electron chi connectivity index (χ0n) is 20.9. The highest BCUT2D eigenvalue weighted by molar-refractivity contribution is 6.39. The summed E-state index contributed by atoms with van der Waals surface area (Å²) in [7, 11) is 0. The molecule has 2 fully saturated rings. The van der Waals surface area contributed by atoms with Gasteiger partial charge in [0.1, 0.15) is 11.1 Å². The Morgan fingerprint density at radius 3 is 2.08 bits per heavy atom. The molecule has 10 nitrogen and oxygen atoms in total. The van der Waals surface area contributed by atoms with Gasteiger partial charge in [0, 0.05) is 18.4 Å². The van der Waals surface area contributed by atoms with Crippen molar-refractivity contribution in [3.05, 3.63) is 28.2 Å². The number of urea groups is 1. The quantitative estimate of drug-likeness (QED) is 0.337. The summed E-state index contributed by atoms with van der Waals surface area (Å²) in [5.74, 6) is -5.27. The molecule has 3 amide bonds. The molecule has 2 aliphatic carbocycles. The van der Waals surface area contributed by atoms with Crippen LogP contribution in [0.2, 0.25) is 10.0 Å². The first-order chi connectivity index (χ1) is 16.7. The summed E-state index contributed by atoms with van der Waals surface area (Å²) in [6, 6.07) is 3.07. The highest BCUT2D eigenvalue weighted by Crippen LogP contribution is 2.62. The first kappa shape index (κ1) is 29.5. The highest BCUT2D eigenvalue weighted by Gasteiger charge is 2.76. The number of carbonyl (C=O) groups excluding carboxylic acids is 2. The molecule has 0 saturated heterocycles. The van der Waals surface area contributed by atoms with E-state index in [0.717, 1.165) is 0 Å². The Kier molecular flexibility index (Phi) is 9.47. The van der Waals surface area contributed by atoms with E-state index >= 15 is 0 Å². The summed E-state index contributed by atoms with van der Waals surface area (Å²) in [5.41, 5.74) is -2.64. The lowest BCUT2D eigenvalue weighted by atomic mass is 9.89. The van der Waals surface area contributed by atoms with Crippen LogP contribution >= 0.6 is 23.2 Å². The number of hydrogen-bond donors (Lipinski definition) is 5. The maximum Gasteiger partial charge on any atom is 0.408 e. The van der Waals surface area contributed by atoms with Crippen LogP contribution < -0.4 is 16.0 Å².